The van der Waals surface area contributed by atoms with Crippen molar-refractivity contribution in [2.45, 2.75) is 44.7 Å². The first-order valence-corrected chi connectivity index (χ1v) is 14.7. The van der Waals surface area contributed by atoms with Gasteiger partial charge in [0.25, 0.3) is 10.0 Å². The van der Waals surface area contributed by atoms with E-state index in [-0.39, 0.29) is 23.0 Å². The second kappa shape index (κ2) is 14.1. The molecule has 40 heavy (non-hydrogen) atoms. The second-order valence-electron chi connectivity index (χ2n) is 8.97. The van der Waals surface area contributed by atoms with E-state index < -0.39 is 34.3 Å². The molecule has 0 aliphatic rings. The summed E-state index contributed by atoms with van der Waals surface area (Å²) in [6.07, 6.45) is 0.704. The summed E-state index contributed by atoms with van der Waals surface area (Å²) < 4.78 is 47.7. The Labute approximate surface area is 239 Å². The van der Waals surface area contributed by atoms with Gasteiger partial charge in [-0.3, -0.25) is 13.9 Å². The Kier molecular flexibility index (Phi) is 10.9. The number of benzene rings is 3. The fraction of sp³-hybridized carbons (Fsp3) is 0.310. The molecule has 0 saturated carbocycles. The summed E-state index contributed by atoms with van der Waals surface area (Å²) in [5.74, 6) is -1.10. The van der Waals surface area contributed by atoms with Gasteiger partial charge in [-0.1, -0.05) is 36.7 Å². The number of carbonyl (C=O) groups excluding carboxylic acids is 2. The number of amides is 2. The average molecular weight is 590 g/mol. The quantitative estimate of drug-likeness (QED) is 0.302. The monoisotopic (exact) mass is 589 g/mol. The molecule has 0 heterocycles. The molecule has 0 aliphatic heterocycles. The summed E-state index contributed by atoms with van der Waals surface area (Å²) >= 11 is 6.35. The Balaban J connectivity index is 2.01. The zero-order chi connectivity index (χ0) is 29.3. The third kappa shape index (κ3) is 7.73. The molecule has 3 aromatic rings. The number of hydrogen-bond donors (Lipinski definition) is 1. The summed E-state index contributed by atoms with van der Waals surface area (Å²) in [5, 5.41) is 3.18. The molecule has 0 radical (unpaired) electrons. The highest BCUT2D eigenvalue weighted by molar-refractivity contribution is 7.92. The first-order chi connectivity index (χ1) is 19.1. The van der Waals surface area contributed by atoms with Crippen LogP contribution in [0.1, 0.15) is 32.8 Å². The molecule has 0 spiro atoms. The molecular formula is C29H33ClFN3O5S. The normalized spacial score (nSPS) is 11.9. The predicted octanol–water partition coefficient (Wildman–Crippen LogP) is 5.02. The van der Waals surface area contributed by atoms with Crippen LogP contribution in [0.2, 0.25) is 5.02 Å². The lowest BCUT2D eigenvalue weighted by Gasteiger charge is -2.32. The van der Waals surface area contributed by atoms with Crippen LogP contribution in [0.3, 0.4) is 0 Å². The minimum absolute atomic E-state index is 0.0282. The fourth-order valence-corrected chi connectivity index (χ4v) is 5.54. The maximum atomic E-state index is 13.8. The van der Waals surface area contributed by atoms with Gasteiger partial charge in [-0.05, 0) is 80.4 Å². The van der Waals surface area contributed by atoms with Crippen LogP contribution in [0.25, 0.3) is 0 Å². The highest BCUT2D eigenvalue weighted by Crippen LogP contribution is 2.27. The van der Waals surface area contributed by atoms with Gasteiger partial charge in [0.2, 0.25) is 11.8 Å². The van der Waals surface area contributed by atoms with Crippen molar-refractivity contribution in [3.8, 4) is 5.75 Å². The van der Waals surface area contributed by atoms with Gasteiger partial charge in [-0.25, -0.2) is 12.8 Å². The Morgan fingerprint density at radius 3 is 2.25 bits per heavy atom. The molecule has 214 valence electrons. The Bertz CT molecular complexity index is 1400. The van der Waals surface area contributed by atoms with Gasteiger partial charge in [-0.2, -0.15) is 0 Å². The number of hydrogen-bond acceptors (Lipinski definition) is 5. The molecule has 0 fully saturated rings. The summed E-state index contributed by atoms with van der Waals surface area (Å²) in [4.78, 5) is 27.9. The molecule has 1 atom stereocenters. The van der Waals surface area contributed by atoms with Crippen LogP contribution < -0.4 is 14.4 Å². The molecule has 1 N–H and O–H groups in total. The van der Waals surface area contributed by atoms with E-state index in [9.17, 15) is 22.4 Å². The van der Waals surface area contributed by atoms with Crippen LogP contribution in [-0.4, -0.2) is 50.9 Å². The third-order valence-electron chi connectivity index (χ3n) is 6.13. The first-order valence-electron chi connectivity index (χ1n) is 12.9. The Morgan fingerprint density at radius 1 is 1.00 bits per heavy atom. The molecule has 11 heteroatoms. The van der Waals surface area contributed by atoms with Gasteiger partial charge < -0.3 is 15.0 Å². The van der Waals surface area contributed by atoms with Crippen molar-refractivity contribution < 1.29 is 27.1 Å². The van der Waals surface area contributed by atoms with E-state index in [0.717, 1.165) is 16.4 Å². The average Bonchev–Trinajstić information content (AvgIpc) is 2.94. The van der Waals surface area contributed by atoms with Crippen LogP contribution >= 0.6 is 11.6 Å². The third-order valence-corrected chi connectivity index (χ3v) is 8.29. The molecule has 0 bridgehead atoms. The second-order valence-corrected chi connectivity index (χ2v) is 11.2. The lowest BCUT2D eigenvalue weighted by atomic mass is 10.1. The van der Waals surface area contributed by atoms with Crippen molar-refractivity contribution in [2.24, 2.45) is 0 Å². The first kappa shape index (κ1) is 30.9. The molecule has 0 unspecified atom stereocenters. The largest absolute Gasteiger partial charge is 0.494 e. The molecule has 3 aromatic carbocycles. The Morgan fingerprint density at radius 2 is 1.65 bits per heavy atom. The molecule has 0 aromatic heterocycles. The van der Waals surface area contributed by atoms with Crippen LogP contribution in [0.15, 0.2) is 77.7 Å². The van der Waals surface area contributed by atoms with E-state index in [1.807, 2.05) is 13.8 Å². The van der Waals surface area contributed by atoms with Gasteiger partial charge in [0.1, 0.15) is 24.2 Å². The lowest BCUT2D eigenvalue weighted by Crippen LogP contribution is -2.51. The number of nitrogens with one attached hydrogen (secondary N) is 1. The topological polar surface area (TPSA) is 96.0 Å². The van der Waals surface area contributed by atoms with Gasteiger partial charge in [0.15, 0.2) is 0 Å². The maximum absolute atomic E-state index is 13.8. The molecule has 8 nitrogen and oxygen atoms in total. The molecular weight excluding hydrogens is 557 g/mol. The highest BCUT2D eigenvalue weighted by Gasteiger charge is 2.32. The van der Waals surface area contributed by atoms with Crippen molar-refractivity contribution in [1.29, 1.82) is 0 Å². The van der Waals surface area contributed by atoms with Gasteiger partial charge >= 0.3 is 0 Å². The summed E-state index contributed by atoms with van der Waals surface area (Å²) in [7, 11) is -4.29. The van der Waals surface area contributed by atoms with Crippen LogP contribution in [0.4, 0.5) is 10.1 Å². The maximum Gasteiger partial charge on any atom is 0.264 e. The van der Waals surface area contributed by atoms with Gasteiger partial charge in [-0.15, -0.1) is 0 Å². The van der Waals surface area contributed by atoms with E-state index in [1.54, 1.807) is 31.2 Å². The summed E-state index contributed by atoms with van der Waals surface area (Å²) in [6.45, 7) is 5.45. The zero-order valence-electron chi connectivity index (χ0n) is 22.6. The van der Waals surface area contributed by atoms with E-state index in [1.165, 1.54) is 41.3 Å². The fourth-order valence-electron chi connectivity index (χ4n) is 3.93. The number of carbonyl (C=O) groups is 2. The number of sulfonamides is 1. The molecule has 0 aliphatic carbocycles. The predicted molar refractivity (Wildman–Crippen MR) is 153 cm³/mol. The number of nitrogens with zero attached hydrogens (tertiary/aromatic N) is 2. The van der Waals surface area contributed by atoms with Crippen molar-refractivity contribution in [3.05, 3.63) is 89.2 Å². The smallest absolute Gasteiger partial charge is 0.264 e. The van der Waals surface area contributed by atoms with Crippen LogP contribution in [0, 0.1) is 5.82 Å². The molecule has 3 rings (SSSR count). The number of halogens is 2. The Hall–Kier alpha value is -3.63. The molecule has 0 saturated heterocycles. The number of rotatable bonds is 13. The van der Waals surface area contributed by atoms with Crippen molar-refractivity contribution in [1.82, 2.24) is 10.2 Å². The van der Waals surface area contributed by atoms with Crippen molar-refractivity contribution in [3.63, 3.8) is 0 Å². The number of ether oxygens (including phenoxy) is 1. The highest BCUT2D eigenvalue weighted by atomic mass is 35.5. The summed E-state index contributed by atoms with van der Waals surface area (Å²) in [6, 6.07) is 16.6. The minimum atomic E-state index is -4.29. The van der Waals surface area contributed by atoms with Gasteiger partial charge in [0, 0.05) is 18.1 Å². The minimum Gasteiger partial charge on any atom is -0.494 e. The standard InChI is InChI=1S/C29H33ClFN3O5S/c1-4-18-32-29(36)21(3)33(19-22-8-6-7-9-27(22)30)28(35)20-34(24-12-10-23(31)11-13-24)40(37,38)26-16-14-25(15-17-26)39-5-2/h6-17,21H,4-5,18-20H2,1-3H3,(H,32,36)/t21-/m0/s1. The SMILES string of the molecule is CCCNC(=O)[C@H](C)N(Cc1ccccc1Cl)C(=O)CN(c1ccc(F)cc1)S(=O)(=O)c1ccc(OCC)cc1. The van der Waals surface area contributed by atoms with Crippen molar-refractivity contribution >= 4 is 39.1 Å². The lowest BCUT2D eigenvalue weighted by molar-refractivity contribution is -0.139. The van der Waals surface area contributed by atoms with Crippen LogP contribution in [0.5, 0.6) is 5.75 Å². The molecule has 2 amide bonds. The van der Waals surface area contributed by atoms with E-state index in [4.69, 9.17) is 16.3 Å². The van der Waals surface area contributed by atoms with Crippen LogP contribution in [-0.2, 0) is 26.2 Å². The van der Waals surface area contributed by atoms with E-state index in [2.05, 4.69) is 5.32 Å². The van der Waals surface area contributed by atoms with E-state index >= 15 is 0 Å². The number of anilines is 1. The van der Waals surface area contributed by atoms with Crippen molar-refractivity contribution in [2.75, 3.05) is 24.0 Å². The summed E-state index contributed by atoms with van der Waals surface area (Å²) in [5.41, 5.74) is 0.680. The van der Waals surface area contributed by atoms with E-state index in [0.29, 0.717) is 35.9 Å². The van der Waals surface area contributed by atoms with Gasteiger partial charge in [0.05, 0.1) is 17.2 Å². The zero-order valence-corrected chi connectivity index (χ0v) is 24.2.